The Balaban J connectivity index is 2.11. The number of amides is 4. The van der Waals surface area contributed by atoms with Crippen LogP contribution in [0.5, 0.6) is 0 Å². The first-order chi connectivity index (χ1) is 19.5. The average Bonchev–Trinajstić information content (AvgIpc) is 3.67. The van der Waals surface area contributed by atoms with Crippen molar-refractivity contribution >= 4 is 29.6 Å². The molecular weight excluding hydrogens is 534 g/mol. The van der Waals surface area contributed by atoms with E-state index in [1.54, 1.807) is 23.8 Å². The number of nitrogens with zero attached hydrogens (tertiary/aromatic N) is 2. The molecule has 2 saturated heterocycles. The number of carbonyl (C=O) groups is 5. The molecule has 41 heavy (non-hydrogen) atoms. The average molecular weight is 584 g/mol. The molecule has 0 aromatic heterocycles. The fraction of sp³-hybridized carbons (Fsp3) is 0.821. The van der Waals surface area contributed by atoms with Gasteiger partial charge in [0.15, 0.2) is 0 Å². The number of hydrogen-bond donors (Lipinski definition) is 4. The van der Waals surface area contributed by atoms with Gasteiger partial charge in [0.1, 0.15) is 6.54 Å². The molecule has 0 saturated carbocycles. The lowest BCUT2D eigenvalue weighted by Gasteiger charge is -2.39. The van der Waals surface area contributed by atoms with E-state index in [9.17, 15) is 24.0 Å². The van der Waals surface area contributed by atoms with E-state index < -0.39 is 42.6 Å². The van der Waals surface area contributed by atoms with Crippen molar-refractivity contribution < 1.29 is 38.6 Å². The number of nitrogens with one attached hydrogen (secondary N) is 3. The maximum Gasteiger partial charge on any atom is 0.322 e. The fourth-order valence-electron chi connectivity index (χ4n) is 5.97. The Morgan fingerprint density at radius 1 is 1.05 bits per heavy atom. The predicted molar refractivity (Wildman–Crippen MR) is 151 cm³/mol. The SMILES string of the molecule is CCC(C)C(C(CC(=O)N1CCCC1C(OC)C(C)C(=O)NCC(=O)O)OC)N(C)C(=O)CNC(=O)C1CCCN1. The van der Waals surface area contributed by atoms with Gasteiger partial charge >= 0.3 is 5.97 Å². The van der Waals surface area contributed by atoms with Crippen molar-refractivity contribution in [1.29, 1.82) is 0 Å². The molecule has 2 fully saturated rings. The van der Waals surface area contributed by atoms with Gasteiger partial charge in [0.2, 0.25) is 23.6 Å². The quantitative estimate of drug-likeness (QED) is 0.195. The van der Waals surface area contributed by atoms with Gasteiger partial charge in [0.25, 0.3) is 0 Å². The number of ether oxygens (including phenoxy) is 2. The van der Waals surface area contributed by atoms with Crippen LogP contribution in [-0.4, -0.2) is 122 Å². The van der Waals surface area contributed by atoms with Gasteiger partial charge < -0.3 is 40.3 Å². The molecule has 234 valence electrons. The first-order valence-electron chi connectivity index (χ1n) is 14.6. The van der Waals surface area contributed by atoms with Crippen molar-refractivity contribution in [2.24, 2.45) is 11.8 Å². The number of rotatable bonds is 16. The third-order valence-corrected chi connectivity index (χ3v) is 8.51. The van der Waals surface area contributed by atoms with Crippen LogP contribution in [0.3, 0.4) is 0 Å². The highest BCUT2D eigenvalue weighted by atomic mass is 16.5. The van der Waals surface area contributed by atoms with Crippen molar-refractivity contribution in [2.75, 3.05) is 47.4 Å². The molecule has 4 amide bonds. The van der Waals surface area contributed by atoms with Gasteiger partial charge in [0, 0.05) is 27.8 Å². The summed E-state index contributed by atoms with van der Waals surface area (Å²) < 4.78 is 11.5. The van der Waals surface area contributed by atoms with Crippen LogP contribution in [0.25, 0.3) is 0 Å². The van der Waals surface area contributed by atoms with E-state index in [0.717, 1.165) is 32.2 Å². The smallest absolute Gasteiger partial charge is 0.322 e. The van der Waals surface area contributed by atoms with Crippen LogP contribution in [0.15, 0.2) is 0 Å². The number of carboxylic acids is 1. The molecule has 2 aliphatic heterocycles. The van der Waals surface area contributed by atoms with Gasteiger partial charge in [-0.15, -0.1) is 0 Å². The van der Waals surface area contributed by atoms with E-state index in [0.29, 0.717) is 13.0 Å². The van der Waals surface area contributed by atoms with E-state index in [-0.39, 0.29) is 48.7 Å². The van der Waals surface area contributed by atoms with Gasteiger partial charge in [-0.25, -0.2) is 0 Å². The lowest BCUT2D eigenvalue weighted by Crippen LogP contribution is -2.54. The molecule has 0 radical (unpaired) electrons. The molecule has 4 N–H and O–H groups in total. The molecule has 2 rings (SSSR count). The Bertz CT molecular complexity index is 912. The zero-order chi connectivity index (χ0) is 30.7. The molecule has 0 aromatic carbocycles. The Morgan fingerprint density at radius 2 is 1.76 bits per heavy atom. The standard InChI is InChI=1S/C28H49N5O8/c1-7-17(2)25(32(4)23(35)15-30-28(39)19-10-8-12-29-19)21(40-5)14-22(34)33-13-9-11-20(33)26(41-6)18(3)27(38)31-16-24(36)37/h17-21,25-26,29H,7-16H2,1-6H3,(H,30,39)(H,31,38)(H,36,37). The van der Waals surface area contributed by atoms with E-state index >= 15 is 0 Å². The highest BCUT2D eigenvalue weighted by molar-refractivity contribution is 5.88. The summed E-state index contributed by atoms with van der Waals surface area (Å²) in [5.41, 5.74) is 0. The summed E-state index contributed by atoms with van der Waals surface area (Å²) in [6.45, 7) is 6.31. The molecule has 0 aromatic rings. The molecule has 13 heteroatoms. The second kappa shape index (κ2) is 16.6. The Morgan fingerprint density at radius 3 is 2.32 bits per heavy atom. The van der Waals surface area contributed by atoms with Crippen molar-refractivity contribution in [3.05, 3.63) is 0 Å². The molecule has 0 aliphatic carbocycles. The second-order valence-corrected chi connectivity index (χ2v) is 11.1. The summed E-state index contributed by atoms with van der Waals surface area (Å²) in [7, 11) is 4.67. The van der Waals surface area contributed by atoms with Gasteiger partial charge in [0.05, 0.1) is 49.2 Å². The molecule has 7 atom stereocenters. The minimum Gasteiger partial charge on any atom is -0.480 e. The van der Waals surface area contributed by atoms with Crippen LogP contribution in [0, 0.1) is 11.8 Å². The minimum absolute atomic E-state index is 0.00736. The Labute approximate surface area is 243 Å². The van der Waals surface area contributed by atoms with E-state index in [1.807, 2.05) is 13.8 Å². The molecule has 2 aliphatic rings. The molecule has 0 bridgehead atoms. The predicted octanol–water partition coefficient (Wildman–Crippen LogP) is -0.0243. The van der Waals surface area contributed by atoms with Crippen LogP contribution in [0.1, 0.15) is 59.3 Å². The van der Waals surface area contributed by atoms with Gasteiger partial charge in [-0.1, -0.05) is 27.2 Å². The maximum atomic E-state index is 13.7. The van der Waals surface area contributed by atoms with E-state index in [1.165, 1.54) is 14.2 Å². The molecule has 0 spiro atoms. The first-order valence-corrected chi connectivity index (χ1v) is 14.6. The number of methoxy groups -OCH3 is 2. The highest BCUT2D eigenvalue weighted by Gasteiger charge is 2.42. The summed E-state index contributed by atoms with van der Waals surface area (Å²) in [6, 6.07) is -1.06. The largest absolute Gasteiger partial charge is 0.480 e. The van der Waals surface area contributed by atoms with Crippen molar-refractivity contribution in [1.82, 2.24) is 25.8 Å². The van der Waals surface area contributed by atoms with Crippen molar-refractivity contribution in [2.45, 2.75) is 89.6 Å². The van der Waals surface area contributed by atoms with Gasteiger partial charge in [-0.3, -0.25) is 24.0 Å². The van der Waals surface area contributed by atoms with E-state index in [4.69, 9.17) is 14.6 Å². The summed E-state index contributed by atoms with van der Waals surface area (Å²) >= 11 is 0. The Kier molecular flexibility index (Phi) is 14.0. The second-order valence-electron chi connectivity index (χ2n) is 11.1. The topological polar surface area (TPSA) is 167 Å². The summed E-state index contributed by atoms with van der Waals surface area (Å²) in [6.07, 6.45) is 2.59. The van der Waals surface area contributed by atoms with Crippen molar-refractivity contribution in [3.8, 4) is 0 Å². The third kappa shape index (κ3) is 9.37. The maximum absolute atomic E-state index is 13.7. The van der Waals surface area contributed by atoms with Gasteiger partial charge in [-0.2, -0.15) is 0 Å². The molecule has 13 nitrogen and oxygen atoms in total. The lowest BCUT2D eigenvalue weighted by molar-refractivity contribution is -0.146. The Hall–Kier alpha value is -2.77. The summed E-state index contributed by atoms with van der Waals surface area (Å²) in [5, 5.41) is 17.1. The monoisotopic (exact) mass is 583 g/mol. The van der Waals surface area contributed by atoms with Crippen molar-refractivity contribution in [3.63, 3.8) is 0 Å². The van der Waals surface area contributed by atoms with Crippen LogP contribution >= 0.6 is 0 Å². The number of hydrogen-bond acceptors (Lipinski definition) is 8. The number of likely N-dealkylation sites (N-methyl/N-ethyl adjacent to an activating group) is 1. The normalized spacial score (nSPS) is 22.3. The molecule has 7 unspecified atom stereocenters. The first kappa shape index (κ1) is 34.4. The van der Waals surface area contributed by atoms with E-state index in [2.05, 4.69) is 16.0 Å². The van der Waals surface area contributed by atoms with Crippen LogP contribution in [-0.2, 0) is 33.4 Å². The zero-order valence-electron chi connectivity index (χ0n) is 25.3. The summed E-state index contributed by atoms with van der Waals surface area (Å²) in [4.78, 5) is 65.9. The number of carbonyl (C=O) groups excluding carboxylic acids is 4. The summed E-state index contributed by atoms with van der Waals surface area (Å²) in [5.74, 6) is -2.90. The van der Waals surface area contributed by atoms with Gasteiger partial charge in [-0.05, 0) is 38.1 Å². The van der Waals surface area contributed by atoms with Crippen LogP contribution in [0.2, 0.25) is 0 Å². The zero-order valence-corrected chi connectivity index (χ0v) is 25.3. The fourth-order valence-corrected chi connectivity index (χ4v) is 5.97. The van der Waals surface area contributed by atoms with Crippen LogP contribution < -0.4 is 16.0 Å². The minimum atomic E-state index is -1.14. The highest BCUT2D eigenvalue weighted by Crippen LogP contribution is 2.29. The number of carboxylic acid groups (broad SMARTS) is 1. The van der Waals surface area contributed by atoms with Crippen LogP contribution in [0.4, 0.5) is 0 Å². The third-order valence-electron chi connectivity index (χ3n) is 8.51. The molecular formula is C28H49N5O8. The molecule has 2 heterocycles. The number of likely N-dealkylation sites (tertiary alicyclic amines) is 1. The number of aliphatic carboxylic acids is 1. The lowest BCUT2D eigenvalue weighted by atomic mass is 9.90.